The molecule has 7 nitrogen and oxygen atoms in total. The van der Waals surface area contributed by atoms with Crippen molar-refractivity contribution in [2.75, 3.05) is 13.2 Å². The number of benzene rings is 4. The fourth-order valence-electron chi connectivity index (χ4n) is 5.18. The summed E-state index contributed by atoms with van der Waals surface area (Å²) in [7, 11) is 0. The molecule has 1 aliphatic carbocycles. The molecule has 7 heteroatoms. The van der Waals surface area contributed by atoms with Gasteiger partial charge in [-0.2, -0.15) is 0 Å². The number of carboxylic acids is 1. The molecule has 1 atom stereocenters. The second-order valence-electron chi connectivity index (χ2n) is 9.70. The lowest BCUT2D eigenvalue weighted by Gasteiger charge is -2.28. The molecule has 0 saturated carbocycles. The van der Waals surface area contributed by atoms with E-state index >= 15 is 0 Å². The molecule has 0 saturated heterocycles. The zero-order chi connectivity index (χ0) is 27.9. The van der Waals surface area contributed by atoms with Gasteiger partial charge in [0, 0.05) is 19.0 Å². The van der Waals surface area contributed by atoms with Crippen molar-refractivity contribution in [3.8, 4) is 11.1 Å². The summed E-state index contributed by atoms with van der Waals surface area (Å²) in [4.78, 5) is 39.8. The smallest absolute Gasteiger partial charge is 0.408 e. The van der Waals surface area contributed by atoms with Crippen molar-refractivity contribution in [3.05, 3.63) is 131 Å². The van der Waals surface area contributed by atoms with Gasteiger partial charge < -0.3 is 20.1 Å². The average molecular weight is 535 g/mol. The molecule has 0 bridgehead atoms. The number of carbonyl (C=O) groups is 3. The van der Waals surface area contributed by atoms with Crippen molar-refractivity contribution in [3.63, 3.8) is 0 Å². The molecule has 202 valence electrons. The van der Waals surface area contributed by atoms with Gasteiger partial charge in [-0.15, -0.1) is 0 Å². The van der Waals surface area contributed by atoms with Crippen molar-refractivity contribution in [1.82, 2.24) is 10.2 Å². The van der Waals surface area contributed by atoms with Gasteiger partial charge in [0.25, 0.3) is 0 Å². The van der Waals surface area contributed by atoms with E-state index in [2.05, 4.69) is 17.4 Å². The zero-order valence-electron chi connectivity index (χ0n) is 21.9. The highest BCUT2D eigenvalue weighted by Crippen LogP contribution is 2.44. The van der Waals surface area contributed by atoms with E-state index in [0.29, 0.717) is 5.56 Å². The third-order valence-electron chi connectivity index (χ3n) is 7.11. The van der Waals surface area contributed by atoms with Crippen LogP contribution in [-0.2, 0) is 20.9 Å². The van der Waals surface area contributed by atoms with Crippen molar-refractivity contribution in [1.29, 1.82) is 0 Å². The number of carboxylic acid groups (broad SMARTS) is 1. The second kappa shape index (κ2) is 12.3. The Hall–Kier alpha value is -4.91. The van der Waals surface area contributed by atoms with Crippen LogP contribution in [0, 0.1) is 0 Å². The minimum Gasteiger partial charge on any atom is -0.481 e. The molecule has 40 heavy (non-hydrogen) atoms. The minimum atomic E-state index is -1.05. The zero-order valence-corrected chi connectivity index (χ0v) is 21.9. The number of amides is 2. The van der Waals surface area contributed by atoms with Crippen LogP contribution in [0.25, 0.3) is 11.1 Å². The summed E-state index contributed by atoms with van der Waals surface area (Å²) in [6, 6.07) is 33.3. The quantitative estimate of drug-likeness (QED) is 0.269. The van der Waals surface area contributed by atoms with E-state index in [1.807, 2.05) is 72.8 Å². The Labute approximate surface area is 233 Å². The molecular formula is C33H30N2O5. The molecular weight excluding hydrogens is 504 g/mol. The van der Waals surface area contributed by atoms with Crippen molar-refractivity contribution in [2.45, 2.75) is 24.9 Å². The van der Waals surface area contributed by atoms with E-state index in [0.717, 1.165) is 27.8 Å². The van der Waals surface area contributed by atoms with Gasteiger partial charge in [-0.3, -0.25) is 9.59 Å². The van der Waals surface area contributed by atoms with Crippen LogP contribution >= 0.6 is 0 Å². The Morgan fingerprint density at radius 1 is 0.775 bits per heavy atom. The SMILES string of the molecule is O=C(O)CCN(Cc1ccccc1)C(=O)C(NC(=O)OCC1c2ccccc2-c2ccccc21)c1ccccc1. The number of nitrogens with zero attached hydrogens (tertiary/aromatic N) is 1. The number of ether oxygens (including phenoxy) is 1. The Morgan fingerprint density at radius 3 is 1.93 bits per heavy atom. The molecule has 0 aliphatic heterocycles. The van der Waals surface area contributed by atoms with Gasteiger partial charge in [-0.05, 0) is 33.4 Å². The maximum Gasteiger partial charge on any atom is 0.408 e. The molecule has 1 unspecified atom stereocenters. The molecule has 4 aromatic carbocycles. The predicted octanol–water partition coefficient (Wildman–Crippen LogP) is 5.77. The van der Waals surface area contributed by atoms with Crippen molar-refractivity contribution < 1.29 is 24.2 Å². The van der Waals surface area contributed by atoms with Gasteiger partial charge in [0.15, 0.2) is 0 Å². The number of hydrogen-bond acceptors (Lipinski definition) is 4. The number of nitrogens with one attached hydrogen (secondary N) is 1. The van der Waals surface area contributed by atoms with E-state index < -0.39 is 24.0 Å². The van der Waals surface area contributed by atoms with E-state index in [9.17, 15) is 19.5 Å². The topological polar surface area (TPSA) is 95.9 Å². The fraction of sp³-hybridized carbons (Fsp3) is 0.182. The Bertz CT molecular complexity index is 1440. The van der Waals surface area contributed by atoms with Crippen molar-refractivity contribution >= 4 is 18.0 Å². The highest BCUT2D eigenvalue weighted by molar-refractivity contribution is 5.87. The molecule has 0 heterocycles. The molecule has 2 amide bonds. The normalized spacial score (nSPS) is 12.6. The summed E-state index contributed by atoms with van der Waals surface area (Å²) in [6.07, 6.45) is -0.938. The van der Waals surface area contributed by atoms with Gasteiger partial charge in [0.1, 0.15) is 12.6 Å². The molecule has 1 aliphatic rings. The van der Waals surface area contributed by atoms with Gasteiger partial charge in [-0.25, -0.2) is 4.79 Å². The van der Waals surface area contributed by atoms with E-state index in [1.54, 1.807) is 24.3 Å². The Kier molecular flexibility index (Phi) is 8.21. The van der Waals surface area contributed by atoms with Crippen LogP contribution in [0.2, 0.25) is 0 Å². The summed E-state index contributed by atoms with van der Waals surface area (Å²) in [6.45, 7) is 0.323. The highest BCUT2D eigenvalue weighted by atomic mass is 16.5. The number of carbonyl (C=O) groups excluding carboxylic acids is 2. The fourth-order valence-corrected chi connectivity index (χ4v) is 5.18. The van der Waals surface area contributed by atoms with E-state index in [4.69, 9.17) is 4.74 Å². The molecule has 0 radical (unpaired) electrons. The first-order chi connectivity index (χ1) is 19.5. The van der Waals surface area contributed by atoms with Crippen molar-refractivity contribution in [2.24, 2.45) is 0 Å². The molecule has 0 aromatic heterocycles. The second-order valence-corrected chi connectivity index (χ2v) is 9.70. The maximum absolute atomic E-state index is 13.8. The largest absolute Gasteiger partial charge is 0.481 e. The third kappa shape index (κ3) is 6.04. The van der Waals surface area contributed by atoms with Crippen LogP contribution in [0.1, 0.15) is 40.6 Å². The Balaban J connectivity index is 1.34. The van der Waals surface area contributed by atoms with Gasteiger partial charge >= 0.3 is 12.1 Å². The molecule has 2 N–H and O–H groups in total. The number of alkyl carbamates (subject to hydrolysis) is 1. The first kappa shape index (κ1) is 26.7. The summed E-state index contributed by atoms with van der Waals surface area (Å²) in [5, 5.41) is 12.1. The molecule has 0 spiro atoms. The van der Waals surface area contributed by atoms with E-state index in [1.165, 1.54) is 4.90 Å². The summed E-state index contributed by atoms with van der Waals surface area (Å²) >= 11 is 0. The predicted molar refractivity (Wildman–Crippen MR) is 151 cm³/mol. The molecule has 5 rings (SSSR count). The standard InChI is InChI=1S/C33H30N2O5/c36-30(37)19-20-35(21-23-11-3-1-4-12-23)32(38)31(24-13-5-2-6-14-24)34-33(39)40-22-29-27-17-9-7-15-25(27)26-16-8-10-18-28(26)29/h1-18,29,31H,19-22H2,(H,34,39)(H,36,37). The van der Waals surface area contributed by atoms with Crippen LogP contribution in [-0.4, -0.2) is 41.1 Å². The minimum absolute atomic E-state index is 0.00123. The first-order valence-corrected chi connectivity index (χ1v) is 13.2. The van der Waals surface area contributed by atoms with Gasteiger partial charge in [0.2, 0.25) is 5.91 Å². The summed E-state index contributed by atoms with van der Waals surface area (Å²) in [5.74, 6) is -1.54. The summed E-state index contributed by atoms with van der Waals surface area (Å²) < 4.78 is 5.72. The third-order valence-corrected chi connectivity index (χ3v) is 7.11. The molecule has 0 fully saturated rings. The first-order valence-electron chi connectivity index (χ1n) is 13.2. The average Bonchev–Trinajstić information content (AvgIpc) is 3.31. The van der Waals surface area contributed by atoms with Crippen LogP contribution < -0.4 is 5.32 Å². The number of rotatable bonds is 10. The van der Waals surface area contributed by atoms with Crippen LogP contribution in [0.15, 0.2) is 109 Å². The van der Waals surface area contributed by atoms with Crippen LogP contribution in [0.5, 0.6) is 0 Å². The lowest BCUT2D eigenvalue weighted by Crippen LogP contribution is -2.43. The molecule has 4 aromatic rings. The van der Waals surface area contributed by atoms with Gasteiger partial charge in [-0.1, -0.05) is 109 Å². The number of fused-ring (bicyclic) bond motifs is 3. The van der Waals surface area contributed by atoms with E-state index in [-0.39, 0.29) is 32.0 Å². The lowest BCUT2D eigenvalue weighted by molar-refractivity contribution is -0.139. The van der Waals surface area contributed by atoms with Crippen LogP contribution in [0.3, 0.4) is 0 Å². The maximum atomic E-state index is 13.8. The monoisotopic (exact) mass is 534 g/mol. The number of aliphatic carboxylic acids is 1. The number of hydrogen-bond donors (Lipinski definition) is 2. The Morgan fingerprint density at radius 2 is 1.32 bits per heavy atom. The summed E-state index contributed by atoms with van der Waals surface area (Å²) in [5.41, 5.74) is 5.87. The van der Waals surface area contributed by atoms with Crippen LogP contribution in [0.4, 0.5) is 4.79 Å². The lowest BCUT2D eigenvalue weighted by atomic mass is 9.98. The van der Waals surface area contributed by atoms with Gasteiger partial charge in [0.05, 0.1) is 6.42 Å². The highest BCUT2D eigenvalue weighted by Gasteiger charge is 2.31.